The predicted molar refractivity (Wildman–Crippen MR) is 79.9 cm³/mol. The van der Waals surface area contributed by atoms with Gasteiger partial charge in [0.1, 0.15) is 11.5 Å². The maximum Gasteiger partial charge on any atom is 0.240 e. The molecule has 0 aliphatic rings. The van der Waals surface area contributed by atoms with Gasteiger partial charge in [0.2, 0.25) is 10.0 Å². The first-order chi connectivity index (χ1) is 10.9. The van der Waals surface area contributed by atoms with Crippen LogP contribution in [0.5, 0.6) is 11.5 Å². The lowest BCUT2D eigenvalue weighted by molar-refractivity contribution is 0.390. The molecule has 0 saturated carbocycles. The molecule has 0 aliphatic heterocycles. The number of methoxy groups -OCH3 is 2. The highest BCUT2D eigenvalue weighted by Crippen LogP contribution is 2.25. The van der Waals surface area contributed by atoms with Gasteiger partial charge in [0.25, 0.3) is 0 Å². The monoisotopic (exact) mass is 343 g/mol. The van der Waals surface area contributed by atoms with E-state index in [1.54, 1.807) is 18.2 Å². The van der Waals surface area contributed by atoms with Crippen LogP contribution in [0.3, 0.4) is 0 Å². The lowest BCUT2D eigenvalue weighted by atomic mass is 10.2. The molecule has 23 heavy (non-hydrogen) atoms. The number of hydrogen-bond donors (Lipinski definition) is 1. The third-order valence-corrected chi connectivity index (χ3v) is 4.55. The van der Waals surface area contributed by atoms with E-state index in [4.69, 9.17) is 9.47 Å². The summed E-state index contributed by atoms with van der Waals surface area (Å²) in [5.74, 6) is -1.33. The van der Waals surface area contributed by atoms with Gasteiger partial charge in [-0.15, -0.1) is 0 Å². The quantitative estimate of drug-likeness (QED) is 0.875. The highest BCUT2D eigenvalue weighted by atomic mass is 32.2. The van der Waals surface area contributed by atoms with Crippen molar-refractivity contribution in [3.8, 4) is 11.5 Å². The van der Waals surface area contributed by atoms with Crippen LogP contribution in [0.25, 0.3) is 0 Å². The standard InChI is InChI=1S/C15H15F2NO4S/c1-21-11-4-3-10(15(7-11)22-2)9-18-23(19,20)12-5-6-13(16)14(17)8-12/h3-8,18H,9H2,1-2H3. The topological polar surface area (TPSA) is 64.6 Å². The average Bonchev–Trinajstić information content (AvgIpc) is 2.55. The highest BCUT2D eigenvalue weighted by Gasteiger charge is 2.17. The molecular weight excluding hydrogens is 328 g/mol. The van der Waals surface area contributed by atoms with Crippen molar-refractivity contribution in [1.29, 1.82) is 0 Å². The number of hydrogen-bond acceptors (Lipinski definition) is 4. The van der Waals surface area contributed by atoms with Crippen LogP contribution >= 0.6 is 0 Å². The van der Waals surface area contributed by atoms with Crippen molar-refractivity contribution >= 4 is 10.0 Å². The number of rotatable bonds is 6. The van der Waals surface area contributed by atoms with Crippen molar-refractivity contribution < 1.29 is 26.7 Å². The molecule has 2 aromatic rings. The highest BCUT2D eigenvalue weighted by molar-refractivity contribution is 7.89. The van der Waals surface area contributed by atoms with Crippen LogP contribution in [0.15, 0.2) is 41.3 Å². The Morgan fingerprint density at radius 2 is 1.74 bits per heavy atom. The van der Waals surface area contributed by atoms with Gasteiger partial charge in [0.05, 0.1) is 19.1 Å². The van der Waals surface area contributed by atoms with Gasteiger partial charge in [-0.2, -0.15) is 0 Å². The summed E-state index contributed by atoms with van der Waals surface area (Å²) < 4.78 is 62.9. The molecule has 0 spiro atoms. The first kappa shape index (κ1) is 17.2. The maximum absolute atomic E-state index is 13.2. The second-order valence-electron chi connectivity index (χ2n) is 4.58. The fourth-order valence-corrected chi connectivity index (χ4v) is 2.92. The Kier molecular flexibility index (Phi) is 5.17. The van der Waals surface area contributed by atoms with E-state index >= 15 is 0 Å². The lowest BCUT2D eigenvalue weighted by Gasteiger charge is -2.12. The van der Waals surface area contributed by atoms with E-state index in [1.165, 1.54) is 14.2 Å². The minimum absolute atomic E-state index is 0.0749. The molecule has 0 aliphatic carbocycles. The van der Waals surface area contributed by atoms with Crippen molar-refractivity contribution in [2.24, 2.45) is 0 Å². The molecule has 0 amide bonds. The fraction of sp³-hybridized carbons (Fsp3) is 0.200. The Morgan fingerprint density at radius 1 is 1.00 bits per heavy atom. The predicted octanol–water partition coefficient (Wildman–Crippen LogP) is 2.46. The minimum atomic E-state index is -3.98. The van der Waals surface area contributed by atoms with Gasteiger partial charge < -0.3 is 9.47 Å². The number of halogens is 2. The van der Waals surface area contributed by atoms with Crippen molar-refractivity contribution in [3.63, 3.8) is 0 Å². The largest absolute Gasteiger partial charge is 0.497 e. The van der Waals surface area contributed by atoms with E-state index in [0.717, 1.165) is 12.1 Å². The van der Waals surface area contributed by atoms with Gasteiger partial charge in [-0.05, 0) is 24.3 Å². The number of benzene rings is 2. The second kappa shape index (κ2) is 6.93. The summed E-state index contributed by atoms with van der Waals surface area (Å²) in [4.78, 5) is -0.358. The van der Waals surface area contributed by atoms with Gasteiger partial charge in [0.15, 0.2) is 11.6 Å². The van der Waals surface area contributed by atoms with Crippen LogP contribution in [0.1, 0.15) is 5.56 Å². The molecule has 0 fully saturated rings. The SMILES string of the molecule is COc1ccc(CNS(=O)(=O)c2ccc(F)c(F)c2)c(OC)c1. The van der Waals surface area contributed by atoms with Crippen LogP contribution in [-0.4, -0.2) is 22.6 Å². The molecule has 1 N–H and O–H groups in total. The summed E-state index contributed by atoms with van der Waals surface area (Å²) in [6.45, 7) is -0.0749. The summed E-state index contributed by atoms with van der Waals surface area (Å²) >= 11 is 0. The molecule has 2 rings (SSSR count). The van der Waals surface area contributed by atoms with E-state index in [-0.39, 0.29) is 11.4 Å². The first-order valence-corrected chi connectivity index (χ1v) is 8.01. The zero-order chi connectivity index (χ0) is 17.0. The Hall–Kier alpha value is -2.19. The first-order valence-electron chi connectivity index (χ1n) is 6.53. The van der Waals surface area contributed by atoms with Crippen LogP contribution in [0.4, 0.5) is 8.78 Å². The molecule has 0 saturated heterocycles. The van der Waals surface area contributed by atoms with Crippen LogP contribution in [0, 0.1) is 11.6 Å². The summed E-state index contributed by atoms with van der Waals surface area (Å²) in [6, 6.07) is 7.29. The van der Waals surface area contributed by atoms with Gasteiger partial charge in [-0.3, -0.25) is 0 Å². The molecule has 0 aromatic heterocycles. The second-order valence-corrected chi connectivity index (χ2v) is 6.35. The Bertz CT molecular complexity index is 809. The molecule has 5 nitrogen and oxygen atoms in total. The molecule has 0 bridgehead atoms. The number of ether oxygens (including phenoxy) is 2. The summed E-state index contributed by atoms with van der Waals surface area (Å²) in [5, 5.41) is 0. The molecule has 2 aromatic carbocycles. The van der Waals surface area contributed by atoms with Crippen molar-refractivity contribution in [1.82, 2.24) is 4.72 Å². The van der Waals surface area contributed by atoms with E-state index in [0.29, 0.717) is 23.1 Å². The van der Waals surface area contributed by atoms with Gasteiger partial charge >= 0.3 is 0 Å². The zero-order valence-corrected chi connectivity index (χ0v) is 13.3. The molecule has 0 unspecified atom stereocenters. The lowest BCUT2D eigenvalue weighted by Crippen LogP contribution is -2.23. The summed E-state index contributed by atoms with van der Waals surface area (Å²) in [5.41, 5.74) is 0.569. The smallest absolute Gasteiger partial charge is 0.240 e. The average molecular weight is 343 g/mol. The minimum Gasteiger partial charge on any atom is -0.497 e. The Morgan fingerprint density at radius 3 is 2.35 bits per heavy atom. The van der Waals surface area contributed by atoms with Crippen molar-refractivity contribution in [3.05, 3.63) is 53.6 Å². The van der Waals surface area contributed by atoms with Crippen molar-refractivity contribution in [2.75, 3.05) is 14.2 Å². The maximum atomic E-state index is 13.2. The molecule has 8 heteroatoms. The summed E-state index contributed by atoms with van der Waals surface area (Å²) in [7, 11) is -1.04. The third-order valence-electron chi connectivity index (χ3n) is 3.15. The zero-order valence-electron chi connectivity index (χ0n) is 12.5. The number of nitrogens with one attached hydrogen (secondary N) is 1. The molecule has 0 heterocycles. The Balaban J connectivity index is 2.20. The summed E-state index contributed by atoms with van der Waals surface area (Å²) in [6.07, 6.45) is 0. The van der Waals surface area contributed by atoms with Gasteiger partial charge in [-0.25, -0.2) is 21.9 Å². The molecule has 0 radical (unpaired) electrons. The van der Waals surface area contributed by atoms with Gasteiger partial charge in [-0.1, -0.05) is 6.07 Å². The molecule has 124 valence electrons. The molecule has 0 atom stereocenters. The third kappa shape index (κ3) is 3.96. The van der Waals surface area contributed by atoms with E-state index < -0.39 is 21.7 Å². The Labute approximate surface area is 132 Å². The van der Waals surface area contributed by atoms with E-state index in [9.17, 15) is 17.2 Å². The normalized spacial score (nSPS) is 11.3. The van der Waals surface area contributed by atoms with Crippen LogP contribution in [-0.2, 0) is 16.6 Å². The van der Waals surface area contributed by atoms with Crippen LogP contribution < -0.4 is 14.2 Å². The molecular formula is C15H15F2NO4S. The van der Waals surface area contributed by atoms with Gasteiger partial charge in [0, 0.05) is 18.2 Å². The van der Waals surface area contributed by atoms with Crippen LogP contribution in [0.2, 0.25) is 0 Å². The van der Waals surface area contributed by atoms with E-state index in [1.807, 2.05) is 0 Å². The number of sulfonamides is 1. The van der Waals surface area contributed by atoms with Crippen molar-refractivity contribution in [2.45, 2.75) is 11.4 Å². The van der Waals surface area contributed by atoms with E-state index in [2.05, 4.69) is 4.72 Å². The fourth-order valence-electron chi connectivity index (χ4n) is 1.90.